The van der Waals surface area contributed by atoms with Crippen LogP contribution >= 0.6 is 11.3 Å². The molecule has 112 valence electrons. The number of nitrogens with zero attached hydrogens (tertiary/aromatic N) is 1. The molecule has 1 N–H and O–H groups in total. The molecule has 1 unspecified atom stereocenters. The van der Waals surface area contributed by atoms with Gasteiger partial charge in [0, 0.05) is 30.9 Å². The highest BCUT2D eigenvalue weighted by Gasteiger charge is 2.24. The molecule has 5 nitrogen and oxygen atoms in total. The van der Waals surface area contributed by atoms with Crippen molar-refractivity contribution >= 4 is 23.2 Å². The first-order chi connectivity index (χ1) is 9.43. The van der Waals surface area contributed by atoms with E-state index in [0.29, 0.717) is 6.54 Å². The van der Waals surface area contributed by atoms with E-state index in [2.05, 4.69) is 30.1 Å². The molecule has 0 saturated carbocycles. The van der Waals surface area contributed by atoms with Crippen LogP contribution in [-0.4, -0.2) is 42.5 Å². The highest BCUT2D eigenvalue weighted by Crippen LogP contribution is 2.14. The maximum Gasteiger partial charge on any atom is 0.329 e. The second kappa shape index (κ2) is 8.01. The molecule has 0 aliphatic rings. The maximum atomic E-state index is 11.7. The van der Waals surface area contributed by atoms with Crippen LogP contribution in [0.25, 0.3) is 0 Å². The fourth-order valence-corrected chi connectivity index (χ4v) is 2.59. The average molecular weight is 298 g/mol. The summed E-state index contributed by atoms with van der Waals surface area (Å²) in [4.78, 5) is 26.3. The third kappa shape index (κ3) is 5.30. The molecule has 0 saturated heterocycles. The molecule has 0 aliphatic heterocycles. The summed E-state index contributed by atoms with van der Waals surface area (Å²) in [6.45, 7) is 6.71. The van der Waals surface area contributed by atoms with Gasteiger partial charge in [-0.1, -0.05) is 6.07 Å². The van der Waals surface area contributed by atoms with E-state index >= 15 is 0 Å². The van der Waals surface area contributed by atoms with Crippen LogP contribution in [0.3, 0.4) is 0 Å². The number of methoxy groups -OCH3 is 1. The molecule has 0 aromatic carbocycles. The topological polar surface area (TPSA) is 58.6 Å². The molecule has 0 spiro atoms. The van der Waals surface area contributed by atoms with Gasteiger partial charge in [0.15, 0.2) is 0 Å². The Kier molecular flexibility index (Phi) is 6.67. The van der Waals surface area contributed by atoms with Crippen molar-refractivity contribution in [2.75, 3.05) is 13.7 Å². The van der Waals surface area contributed by atoms with E-state index < -0.39 is 12.0 Å². The van der Waals surface area contributed by atoms with E-state index in [1.54, 1.807) is 11.3 Å². The summed E-state index contributed by atoms with van der Waals surface area (Å²) >= 11 is 1.68. The smallest absolute Gasteiger partial charge is 0.329 e. The van der Waals surface area contributed by atoms with Crippen LogP contribution in [0, 0.1) is 0 Å². The van der Waals surface area contributed by atoms with Gasteiger partial charge in [-0.3, -0.25) is 9.69 Å². The van der Waals surface area contributed by atoms with Crippen LogP contribution < -0.4 is 5.32 Å². The Labute approximate surface area is 123 Å². The zero-order valence-corrected chi connectivity index (χ0v) is 13.2. The first-order valence-corrected chi connectivity index (χ1v) is 7.43. The van der Waals surface area contributed by atoms with Crippen molar-refractivity contribution < 1.29 is 14.3 Å². The lowest BCUT2D eigenvalue weighted by atomic mass is 10.2. The number of ether oxygens (including phenoxy) is 1. The van der Waals surface area contributed by atoms with Gasteiger partial charge in [0.05, 0.1) is 7.11 Å². The Morgan fingerprint density at radius 3 is 2.60 bits per heavy atom. The van der Waals surface area contributed by atoms with Gasteiger partial charge in [-0.15, -0.1) is 11.3 Å². The molecule has 1 heterocycles. The van der Waals surface area contributed by atoms with Crippen molar-refractivity contribution in [3.63, 3.8) is 0 Å². The second-order valence-corrected chi connectivity index (χ2v) is 5.91. The van der Waals surface area contributed by atoms with Gasteiger partial charge in [-0.25, -0.2) is 4.79 Å². The summed E-state index contributed by atoms with van der Waals surface area (Å²) in [5.41, 5.74) is 0. The fourth-order valence-electron chi connectivity index (χ4n) is 1.86. The number of amides is 1. The summed E-state index contributed by atoms with van der Waals surface area (Å²) in [6, 6.07) is 3.69. The summed E-state index contributed by atoms with van der Waals surface area (Å²) in [7, 11) is 1.33. The minimum absolute atomic E-state index is 0.236. The van der Waals surface area contributed by atoms with Gasteiger partial charge in [0.2, 0.25) is 5.91 Å². The Bertz CT molecular complexity index is 432. The van der Waals surface area contributed by atoms with Crippen molar-refractivity contribution in [2.24, 2.45) is 0 Å². The van der Waals surface area contributed by atoms with Gasteiger partial charge in [-0.2, -0.15) is 0 Å². The number of rotatable bonds is 7. The molecule has 1 amide bonds. The van der Waals surface area contributed by atoms with E-state index in [1.807, 2.05) is 11.4 Å². The summed E-state index contributed by atoms with van der Waals surface area (Å²) < 4.78 is 4.75. The second-order valence-electron chi connectivity index (χ2n) is 4.88. The molecule has 1 atom stereocenters. The Balaban J connectivity index is 2.74. The summed E-state index contributed by atoms with van der Waals surface area (Å²) in [5.74, 6) is -0.655. The average Bonchev–Trinajstić information content (AvgIpc) is 2.88. The Hall–Kier alpha value is -1.40. The molecule has 20 heavy (non-hydrogen) atoms. The lowest BCUT2D eigenvalue weighted by molar-refractivity contribution is -0.145. The predicted molar refractivity (Wildman–Crippen MR) is 79.5 cm³/mol. The highest BCUT2D eigenvalue weighted by atomic mass is 32.1. The lowest BCUT2D eigenvalue weighted by Crippen LogP contribution is -2.49. The first-order valence-electron chi connectivity index (χ1n) is 6.55. The highest BCUT2D eigenvalue weighted by molar-refractivity contribution is 7.09. The van der Waals surface area contributed by atoms with Gasteiger partial charge >= 0.3 is 5.97 Å². The van der Waals surface area contributed by atoms with E-state index in [1.165, 1.54) is 18.9 Å². The van der Waals surface area contributed by atoms with Gasteiger partial charge in [-0.05, 0) is 25.3 Å². The van der Waals surface area contributed by atoms with E-state index in [9.17, 15) is 9.59 Å². The first kappa shape index (κ1) is 16.7. The molecular formula is C14H22N2O3S. The zero-order chi connectivity index (χ0) is 15.1. The monoisotopic (exact) mass is 298 g/mol. The van der Waals surface area contributed by atoms with E-state index in [-0.39, 0.29) is 11.9 Å². The molecule has 1 aromatic rings. The number of carbonyl (C=O) groups is 2. The summed E-state index contributed by atoms with van der Waals surface area (Å²) in [6.07, 6.45) is 0. The molecule has 0 bridgehead atoms. The molecule has 6 heteroatoms. The fraction of sp³-hybridized carbons (Fsp3) is 0.571. The Morgan fingerprint density at radius 1 is 1.45 bits per heavy atom. The standard InChI is InChI=1S/C14H22N2O3S/c1-10(2)16(8-12-6-5-7-20-12)9-13(14(18)19-4)15-11(3)17/h5-7,10,13H,8-9H2,1-4H3,(H,15,17). The molecule has 1 rings (SSSR count). The molecule has 1 aromatic heterocycles. The van der Waals surface area contributed by atoms with Gasteiger partial charge < -0.3 is 10.1 Å². The third-order valence-corrected chi connectivity index (χ3v) is 3.81. The van der Waals surface area contributed by atoms with Crippen molar-refractivity contribution in [3.8, 4) is 0 Å². The van der Waals surface area contributed by atoms with E-state index in [4.69, 9.17) is 4.74 Å². The number of carbonyl (C=O) groups excluding carboxylic acids is 2. The predicted octanol–water partition coefficient (Wildman–Crippen LogP) is 1.64. The lowest BCUT2D eigenvalue weighted by Gasteiger charge is -2.29. The minimum atomic E-state index is -0.639. The minimum Gasteiger partial charge on any atom is -0.467 e. The molecule has 0 fully saturated rings. The van der Waals surface area contributed by atoms with Crippen LogP contribution in [0.4, 0.5) is 0 Å². The molecule has 0 aliphatic carbocycles. The van der Waals surface area contributed by atoms with Crippen LogP contribution in [0.2, 0.25) is 0 Å². The van der Waals surface area contributed by atoms with Crippen LogP contribution in [-0.2, 0) is 20.9 Å². The van der Waals surface area contributed by atoms with Crippen LogP contribution in [0.15, 0.2) is 17.5 Å². The van der Waals surface area contributed by atoms with Crippen molar-refractivity contribution in [2.45, 2.75) is 39.4 Å². The third-order valence-electron chi connectivity index (χ3n) is 2.95. The largest absolute Gasteiger partial charge is 0.467 e. The van der Waals surface area contributed by atoms with E-state index in [0.717, 1.165) is 6.54 Å². The quantitative estimate of drug-likeness (QED) is 0.777. The number of esters is 1. The number of hydrogen-bond donors (Lipinski definition) is 1. The van der Waals surface area contributed by atoms with Crippen molar-refractivity contribution in [1.29, 1.82) is 0 Å². The SMILES string of the molecule is COC(=O)C(CN(Cc1cccs1)C(C)C)NC(C)=O. The van der Waals surface area contributed by atoms with Crippen LogP contribution in [0.1, 0.15) is 25.6 Å². The number of thiophene rings is 1. The zero-order valence-electron chi connectivity index (χ0n) is 12.4. The maximum absolute atomic E-state index is 11.7. The van der Waals surface area contributed by atoms with Crippen molar-refractivity contribution in [1.82, 2.24) is 10.2 Å². The molecule has 0 radical (unpaired) electrons. The Morgan fingerprint density at radius 2 is 2.15 bits per heavy atom. The van der Waals surface area contributed by atoms with Crippen LogP contribution in [0.5, 0.6) is 0 Å². The number of hydrogen-bond acceptors (Lipinski definition) is 5. The number of nitrogens with one attached hydrogen (secondary N) is 1. The van der Waals surface area contributed by atoms with Crippen molar-refractivity contribution in [3.05, 3.63) is 22.4 Å². The molecular weight excluding hydrogens is 276 g/mol. The van der Waals surface area contributed by atoms with Gasteiger partial charge in [0.1, 0.15) is 6.04 Å². The summed E-state index contributed by atoms with van der Waals surface area (Å²) in [5, 5.41) is 4.67. The van der Waals surface area contributed by atoms with Gasteiger partial charge in [0.25, 0.3) is 0 Å². The normalized spacial score (nSPS) is 12.5.